The maximum atomic E-state index is 12.5. The van der Waals surface area contributed by atoms with Crippen molar-refractivity contribution in [1.29, 1.82) is 0 Å². The van der Waals surface area contributed by atoms with E-state index in [4.69, 9.17) is 18.5 Å². The lowest BCUT2D eigenvalue weighted by molar-refractivity contribution is -0.870. The molecule has 0 amide bonds. The molecule has 0 saturated heterocycles. The molecule has 248 valence electrons. The normalized spacial score (nSPS) is 14.5. The summed E-state index contributed by atoms with van der Waals surface area (Å²) in [6, 6.07) is 0. The number of phosphoric ester groups is 1. The minimum Gasteiger partial charge on any atom is -0.756 e. The lowest BCUT2D eigenvalue weighted by Gasteiger charge is -2.28. The summed E-state index contributed by atoms with van der Waals surface area (Å²) in [6.45, 7) is 5.27. The van der Waals surface area contributed by atoms with Crippen molar-refractivity contribution in [2.45, 2.75) is 129 Å². The summed E-state index contributed by atoms with van der Waals surface area (Å²) in [6.07, 6.45) is 26.2. The van der Waals surface area contributed by atoms with Gasteiger partial charge in [-0.25, -0.2) is 0 Å². The third-order valence-electron chi connectivity index (χ3n) is 6.74. The van der Waals surface area contributed by atoms with Gasteiger partial charge in [-0.15, -0.1) is 0 Å². The van der Waals surface area contributed by atoms with Crippen LogP contribution in [0.4, 0.5) is 0 Å². The smallest absolute Gasteiger partial charge is 0.306 e. The molecule has 0 aliphatic carbocycles. The number of phosphoric acid groups is 1. The summed E-state index contributed by atoms with van der Waals surface area (Å²) in [4.78, 5) is 24.7. The standard InChI is InChI=1S/C33H64NO7P/c1-6-8-10-12-14-15-16-17-18-19-20-22-24-26-33(35)41-32(30-38-28-25-23-21-13-11-9-7-2)31-40-42(36,37)39-29-27-34(3,4)5/h10,12,15-16,32H,6-9,11,13-14,17-31H2,1-5H3/b12-10-,16-15-. The van der Waals surface area contributed by atoms with Gasteiger partial charge in [-0.3, -0.25) is 9.36 Å². The van der Waals surface area contributed by atoms with Gasteiger partial charge in [0.25, 0.3) is 7.82 Å². The van der Waals surface area contributed by atoms with Crippen molar-refractivity contribution in [3.8, 4) is 0 Å². The Bertz CT molecular complexity index is 736. The van der Waals surface area contributed by atoms with E-state index < -0.39 is 13.9 Å². The first-order valence-electron chi connectivity index (χ1n) is 16.6. The molecular formula is C33H64NO7P. The van der Waals surface area contributed by atoms with Crippen LogP contribution >= 0.6 is 7.82 Å². The minimum absolute atomic E-state index is 0.0240. The van der Waals surface area contributed by atoms with E-state index in [0.717, 1.165) is 64.2 Å². The maximum Gasteiger partial charge on any atom is 0.306 e. The van der Waals surface area contributed by atoms with Crippen molar-refractivity contribution in [3.05, 3.63) is 24.3 Å². The fraction of sp³-hybridized carbons (Fsp3) is 0.848. The number of rotatable bonds is 30. The van der Waals surface area contributed by atoms with Crippen LogP contribution in [0.1, 0.15) is 123 Å². The number of allylic oxidation sites excluding steroid dienone is 4. The predicted octanol–water partition coefficient (Wildman–Crippen LogP) is 7.91. The van der Waals surface area contributed by atoms with Gasteiger partial charge in [0.2, 0.25) is 0 Å². The molecule has 42 heavy (non-hydrogen) atoms. The van der Waals surface area contributed by atoms with Gasteiger partial charge in [0, 0.05) is 13.0 Å². The second-order valence-electron chi connectivity index (χ2n) is 12.2. The molecule has 0 N–H and O–H groups in total. The van der Waals surface area contributed by atoms with Crippen LogP contribution in [-0.4, -0.2) is 70.7 Å². The van der Waals surface area contributed by atoms with E-state index in [1.807, 2.05) is 21.1 Å². The maximum absolute atomic E-state index is 12.5. The number of carbonyl (C=O) groups is 1. The van der Waals surface area contributed by atoms with Gasteiger partial charge in [-0.1, -0.05) is 102 Å². The lowest BCUT2D eigenvalue weighted by Crippen LogP contribution is -2.37. The van der Waals surface area contributed by atoms with Gasteiger partial charge in [-0.05, 0) is 38.5 Å². The van der Waals surface area contributed by atoms with Gasteiger partial charge in [-0.2, -0.15) is 0 Å². The van der Waals surface area contributed by atoms with Crippen molar-refractivity contribution < 1.29 is 37.3 Å². The number of carbonyl (C=O) groups excluding carboxylic acids is 1. The highest BCUT2D eigenvalue weighted by Crippen LogP contribution is 2.38. The second kappa shape index (κ2) is 27.5. The topological polar surface area (TPSA) is 94.1 Å². The lowest BCUT2D eigenvalue weighted by atomic mass is 10.1. The molecule has 2 unspecified atom stereocenters. The predicted molar refractivity (Wildman–Crippen MR) is 171 cm³/mol. The number of hydrogen-bond donors (Lipinski definition) is 0. The van der Waals surface area contributed by atoms with Crippen molar-refractivity contribution >= 4 is 13.8 Å². The molecule has 8 nitrogen and oxygen atoms in total. The molecule has 9 heteroatoms. The number of ether oxygens (including phenoxy) is 2. The zero-order chi connectivity index (χ0) is 31.4. The molecular weight excluding hydrogens is 553 g/mol. The van der Waals surface area contributed by atoms with Crippen LogP contribution in [0, 0.1) is 0 Å². The first kappa shape index (κ1) is 41.0. The number of likely N-dealkylation sites (N-methyl/N-ethyl adjacent to an activating group) is 1. The molecule has 0 aliphatic rings. The highest BCUT2D eigenvalue weighted by Gasteiger charge is 2.20. The number of unbranched alkanes of at least 4 members (excludes halogenated alkanes) is 12. The van der Waals surface area contributed by atoms with Crippen LogP contribution in [0.2, 0.25) is 0 Å². The number of quaternary nitrogens is 1. The quantitative estimate of drug-likeness (QED) is 0.0266. The monoisotopic (exact) mass is 617 g/mol. The molecule has 0 spiro atoms. The minimum atomic E-state index is -4.51. The van der Waals surface area contributed by atoms with Crippen LogP contribution in [-0.2, 0) is 27.9 Å². The number of nitrogens with zero attached hydrogens (tertiary/aromatic N) is 1. The first-order chi connectivity index (χ1) is 20.1. The van der Waals surface area contributed by atoms with Crippen molar-refractivity contribution in [2.24, 2.45) is 0 Å². The summed E-state index contributed by atoms with van der Waals surface area (Å²) in [5, 5.41) is 0. The van der Waals surface area contributed by atoms with Crippen LogP contribution in [0.3, 0.4) is 0 Å². The highest BCUT2D eigenvalue weighted by molar-refractivity contribution is 7.45. The van der Waals surface area contributed by atoms with Crippen LogP contribution in [0.5, 0.6) is 0 Å². The van der Waals surface area contributed by atoms with E-state index in [2.05, 4.69) is 38.2 Å². The SMILES string of the molecule is CCC/C=C\C/C=C\CCCCCCCC(=O)OC(COCCCCCCCCC)COP(=O)([O-])OCC[N+](C)(C)C. The van der Waals surface area contributed by atoms with E-state index >= 15 is 0 Å². The molecule has 0 fully saturated rings. The average molecular weight is 618 g/mol. The molecule has 0 bridgehead atoms. The molecule has 0 saturated carbocycles. The summed E-state index contributed by atoms with van der Waals surface area (Å²) >= 11 is 0. The molecule has 0 aromatic carbocycles. The Hall–Kier alpha value is -1.02. The molecule has 0 aromatic rings. The third kappa shape index (κ3) is 30.4. The Morgan fingerprint density at radius 3 is 2.02 bits per heavy atom. The molecule has 0 heterocycles. The Morgan fingerprint density at radius 2 is 1.36 bits per heavy atom. The van der Waals surface area contributed by atoms with Crippen LogP contribution in [0.15, 0.2) is 24.3 Å². The largest absolute Gasteiger partial charge is 0.756 e. The summed E-state index contributed by atoms with van der Waals surface area (Å²) in [7, 11) is 1.34. The Balaban J connectivity index is 4.36. The second-order valence-corrected chi connectivity index (χ2v) is 13.6. The van der Waals surface area contributed by atoms with Crippen molar-refractivity contribution in [3.63, 3.8) is 0 Å². The first-order valence-corrected chi connectivity index (χ1v) is 18.0. The summed E-state index contributed by atoms with van der Waals surface area (Å²) in [5.74, 6) is -0.353. The van der Waals surface area contributed by atoms with Crippen molar-refractivity contribution in [1.82, 2.24) is 0 Å². The van der Waals surface area contributed by atoms with E-state index in [1.165, 1.54) is 38.5 Å². The summed E-state index contributed by atoms with van der Waals surface area (Å²) < 4.78 is 34.1. The zero-order valence-corrected chi connectivity index (χ0v) is 28.6. The van der Waals surface area contributed by atoms with Crippen LogP contribution in [0.25, 0.3) is 0 Å². The molecule has 2 atom stereocenters. The Kier molecular flexibility index (Phi) is 26.9. The Morgan fingerprint density at radius 1 is 0.738 bits per heavy atom. The van der Waals surface area contributed by atoms with Crippen molar-refractivity contribution in [2.75, 3.05) is 54.1 Å². The van der Waals surface area contributed by atoms with Gasteiger partial charge < -0.3 is 27.9 Å². The van der Waals surface area contributed by atoms with Gasteiger partial charge >= 0.3 is 5.97 Å². The van der Waals surface area contributed by atoms with Crippen LogP contribution < -0.4 is 4.89 Å². The number of esters is 1. The number of hydrogen-bond acceptors (Lipinski definition) is 7. The summed E-state index contributed by atoms with van der Waals surface area (Å²) in [5.41, 5.74) is 0. The highest BCUT2D eigenvalue weighted by atomic mass is 31.2. The van der Waals surface area contributed by atoms with E-state index in [1.54, 1.807) is 0 Å². The molecule has 0 radical (unpaired) electrons. The van der Waals surface area contributed by atoms with E-state index in [9.17, 15) is 14.3 Å². The molecule has 0 aliphatic heterocycles. The Labute approximate surface area is 258 Å². The zero-order valence-electron chi connectivity index (χ0n) is 27.7. The molecule has 0 rings (SSSR count). The van der Waals surface area contributed by atoms with E-state index in [0.29, 0.717) is 24.1 Å². The third-order valence-corrected chi connectivity index (χ3v) is 7.70. The fourth-order valence-electron chi connectivity index (χ4n) is 4.11. The van der Waals surface area contributed by atoms with Gasteiger partial charge in [0.05, 0.1) is 34.4 Å². The average Bonchev–Trinajstić information content (AvgIpc) is 2.92. The molecule has 0 aromatic heterocycles. The van der Waals surface area contributed by atoms with Gasteiger partial charge in [0.1, 0.15) is 19.3 Å². The van der Waals surface area contributed by atoms with E-state index in [-0.39, 0.29) is 25.8 Å². The van der Waals surface area contributed by atoms with Gasteiger partial charge in [0.15, 0.2) is 0 Å². The fourth-order valence-corrected chi connectivity index (χ4v) is 4.84.